The lowest BCUT2D eigenvalue weighted by Crippen LogP contribution is -2.46. The zero-order chi connectivity index (χ0) is 29.9. The van der Waals surface area contributed by atoms with Crippen molar-refractivity contribution in [1.29, 1.82) is 5.41 Å². The summed E-state index contributed by atoms with van der Waals surface area (Å²) in [4.78, 5) is 28.8. The number of nitrogens with zero attached hydrogens (tertiary/aromatic N) is 5. The van der Waals surface area contributed by atoms with E-state index in [1.54, 1.807) is 23.2 Å². The molecule has 0 saturated carbocycles. The molecule has 1 amide bonds. The van der Waals surface area contributed by atoms with Gasteiger partial charge >= 0.3 is 6.09 Å². The summed E-state index contributed by atoms with van der Waals surface area (Å²) in [5.41, 5.74) is 1.33. The highest BCUT2D eigenvalue weighted by Crippen LogP contribution is 2.34. The minimum absolute atomic E-state index is 0.161. The highest BCUT2D eigenvalue weighted by molar-refractivity contribution is 6.00. The molecule has 0 atom stereocenters. The molecule has 2 aliphatic rings. The number of halogens is 1. The van der Waals surface area contributed by atoms with Crippen LogP contribution in [0.2, 0.25) is 0 Å². The molecule has 2 aliphatic heterocycles. The third kappa shape index (κ3) is 7.10. The van der Waals surface area contributed by atoms with Crippen LogP contribution in [0, 0.1) is 17.1 Å². The van der Waals surface area contributed by atoms with Crippen LogP contribution < -0.4 is 15.5 Å². The number of carbonyl (C=O) groups is 1. The minimum atomic E-state index is -1.11. The van der Waals surface area contributed by atoms with Crippen molar-refractivity contribution in [2.75, 3.05) is 43.4 Å². The second kappa shape index (κ2) is 12.0. The summed E-state index contributed by atoms with van der Waals surface area (Å²) in [5, 5.41) is 25.9. The third-order valence-electron chi connectivity index (χ3n) is 7.32. The number of piperidine rings is 2. The standard InChI is InChI=1S/C29H41FN8O3/c1-18(2)24(32-6)20-17-38(12-9-22(20)31)25-21(30)16-34-26(36-25)35-23-8-7-19(15-33-23)29(40)10-13-37(14-11-29)27(39)41-28(3,4)5/h7-8,15-16,18,31-32,40H,9-14,17H2,1-6H3,(H,33,34,35,36)/b24-20-,31-22?. The van der Waals surface area contributed by atoms with Gasteiger partial charge in [0.05, 0.1) is 11.8 Å². The van der Waals surface area contributed by atoms with E-state index in [9.17, 15) is 14.3 Å². The molecule has 0 aromatic carbocycles. The van der Waals surface area contributed by atoms with Gasteiger partial charge < -0.3 is 35.7 Å². The maximum Gasteiger partial charge on any atom is 0.410 e. The first-order valence-corrected chi connectivity index (χ1v) is 14.0. The molecule has 11 nitrogen and oxygen atoms in total. The molecule has 0 bridgehead atoms. The average molecular weight is 569 g/mol. The highest BCUT2D eigenvalue weighted by atomic mass is 19.1. The fourth-order valence-electron chi connectivity index (χ4n) is 5.15. The van der Waals surface area contributed by atoms with E-state index >= 15 is 0 Å². The minimum Gasteiger partial charge on any atom is -0.444 e. The number of nitrogens with one attached hydrogen (secondary N) is 3. The number of carbonyl (C=O) groups excluding carboxylic acids is 1. The number of amides is 1. The second-order valence-electron chi connectivity index (χ2n) is 11.9. The smallest absolute Gasteiger partial charge is 0.410 e. The predicted octanol–water partition coefficient (Wildman–Crippen LogP) is 4.33. The maximum atomic E-state index is 14.9. The van der Waals surface area contributed by atoms with Crippen LogP contribution >= 0.6 is 0 Å². The van der Waals surface area contributed by atoms with Gasteiger partial charge in [-0.1, -0.05) is 19.9 Å². The molecule has 0 aliphatic carbocycles. The Bertz CT molecular complexity index is 1300. The van der Waals surface area contributed by atoms with Gasteiger partial charge in [-0.15, -0.1) is 0 Å². The number of hydrogen-bond acceptors (Lipinski definition) is 10. The lowest BCUT2D eigenvalue weighted by molar-refractivity contribution is -0.0358. The van der Waals surface area contributed by atoms with Crippen LogP contribution in [0.5, 0.6) is 0 Å². The van der Waals surface area contributed by atoms with Crippen molar-refractivity contribution in [2.45, 2.75) is 65.1 Å². The number of rotatable bonds is 6. The zero-order valence-corrected chi connectivity index (χ0v) is 24.7. The molecule has 2 fully saturated rings. The Labute approximate surface area is 240 Å². The van der Waals surface area contributed by atoms with Crippen LogP contribution in [0.15, 0.2) is 35.8 Å². The Morgan fingerprint density at radius 3 is 2.46 bits per heavy atom. The molecule has 4 heterocycles. The molecule has 4 N–H and O–H groups in total. The van der Waals surface area contributed by atoms with E-state index in [0.717, 1.165) is 17.5 Å². The van der Waals surface area contributed by atoms with Crippen molar-refractivity contribution in [3.63, 3.8) is 0 Å². The molecular formula is C29H41FN8O3. The number of hydrogen-bond donors (Lipinski definition) is 4. The Hall–Kier alpha value is -3.80. The van der Waals surface area contributed by atoms with Crippen molar-refractivity contribution in [1.82, 2.24) is 25.2 Å². The number of anilines is 3. The Morgan fingerprint density at radius 1 is 1.17 bits per heavy atom. The summed E-state index contributed by atoms with van der Waals surface area (Å²) in [6.07, 6.45) is 3.55. The van der Waals surface area contributed by atoms with Gasteiger partial charge in [-0.05, 0) is 45.6 Å². The molecule has 0 unspecified atom stereocenters. The largest absolute Gasteiger partial charge is 0.444 e. The first-order valence-electron chi connectivity index (χ1n) is 14.0. The maximum absolute atomic E-state index is 14.9. The van der Waals surface area contributed by atoms with Crippen molar-refractivity contribution < 1.29 is 19.0 Å². The zero-order valence-electron chi connectivity index (χ0n) is 24.7. The van der Waals surface area contributed by atoms with Crippen molar-refractivity contribution in [2.24, 2.45) is 5.92 Å². The van der Waals surface area contributed by atoms with Gasteiger partial charge in [-0.3, -0.25) is 0 Å². The van der Waals surface area contributed by atoms with E-state index in [1.807, 2.05) is 32.7 Å². The molecule has 0 radical (unpaired) electrons. The van der Waals surface area contributed by atoms with E-state index in [0.29, 0.717) is 62.5 Å². The molecule has 2 saturated heterocycles. The second-order valence-corrected chi connectivity index (χ2v) is 11.9. The van der Waals surface area contributed by atoms with E-state index in [1.165, 1.54) is 0 Å². The monoisotopic (exact) mass is 568 g/mol. The molecule has 2 aromatic rings. The number of aromatic nitrogens is 3. The number of likely N-dealkylation sites (tertiary alicyclic amines) is 1. The lowest BCUT2D eigenvalue weighted by Gasteiger charge is -2.38. The van der Waals surface area contributed by atoms with Gasteiger partial charge in [0.2, 0.25) is 5.95 Å². The average Bonchev–Trinajstić information content (AvgIpc) is 2.91. The summed E-state index contributed by atoms with van der Waals surface area (Å²) in [6, 6.07) is 3.49. The molecule has 12 heteroatoms. The number of ether oxygens (including phenoxy) is 1. The molecule has 222 valence electrons. The van der Waals surface area contributed by atoms with Crippen molar-refractivity contribution in [3.05, 3.63) is 47.2 Å². The molecular weight excluding hydrogens is 527 g/mol. The quantitative estimate of drug-likeness (QED) is 0.401. The lowest BCUT2D eigenvalue weighted by atomic mass is 9.85. The Morgan fingerprint density at radius 2 is 1.88 bits per heavy atom. The molecule has 2 aromatic heterocycles. The normalized spacial score (nSPS) is 18.8. The highest BCUT2D eigenvalue weighted by Gasteiger charge is 2.37. The van der Waals surface area contributed by atoms with Gasteiger partial charge in [-0.25, -0.2) is 19.2 Å². The number of allylic oxidation sites excluding steroid dienone is 1. The van der Waals surface area contributed by atoms with Crippen molar-refractivity contribution in [3.8, 4) is 0 Å². The van der Waals surface area contributed by atoms with E-state index in [2.05, 4.69) is 39.4 Å². The summed E-state index contributed by atoms with van der Waals surface area (Å²) in [6.45, 7) is 11.2. The SMILES string of the molecule is CN/C(=C1/CN(c2nc(Nc3ccc(C4(O)CCN(C(=O)OC(C)(C)C)CC4)cn3)ncc2F)CCC1=N)C(C)C. The van der Waals surface area contributed by atoms with E-state index < -0.39 is 17.0 Å². The summed E-state index contributed by atoms with van der Waals surface area (Å²) in [5.74, 6) is 0.457. The van der Waals surface area contributed by atoms with Crippen LogP contribution in [0.3, 0.4) is 0 Å². The van der Waals surface area contributed by atoms with E-state index in [4.69, 9.17) is 10.1 Å². The number of aliphatic hydroxyl groups is 1. The topological polar surface area (TPSA) is 140 Å². The summed E-state index contributed by atoms with van der Waals surface area (Å²) in [7, 11) is 1.84. The first kappa shape index (κ1) is 30.2. The Kier molecular flexibility index (Phi) is 8.81. The van der Waals surface area contributed by atoms with Crippen LogP contribution in [0.1, 0.15) is 59.4 Å². The van der Waals surface area contributed by atoms with Gasteiger partial charge in [0, 0.05) is 68.4 Å². The van der Waals surface area contributed by atoms with Gasteiger partial charge in [-0.2, -0.15) is 4.98 Å². The van der Waals surface area contributed by atoms with Gasteiger partial charge in [0.1, 0.15) is 11.4 Å². The number of pyridine rings is 1. The van der Waals surface area contributed by atoms with Crippen molar-refractivity contribution >= 4 is 29.4 Å². The fraction of sp³-hybridized carbons (Fsp3) is 0.552. The van der Waals surface area contributed by atoms with Crippen LogP contribution in [-0.4, -0.2) is 75.6 Å². The van der Waals surface area contributed by atoms with E-state index in [-0.39, 0.29) is 23.8 Å². The summed E-state index contributed by atoms with van der Waals surface area (Å²) >= 11 is 0. The van der Waals surface area contributed by atoms with Crippen LogP contribution in [0.25, 0.3) is 0 Å². The van der Waals surface area contributed by atoms with Gasteiger partial charge in [0.25, 0.3) is 0 Å². The Balaban J connectivity index is 1.44. The fourth-order valence-corrected chi connectivity index (χ4v) is 5.15. The van der Waals surface area contributed by atoms with Gasteiger partial charge in [0.15, 0.2) is 11.6 Å². The van der Waals surface area contributed by atoms with Crippen LogP contribution in [-0.2, 0) is 10.3 Å². The molecule has 0 spiro atoms. The van der Waals surface area contributed by atoms with Crippen LogP contribution in [0.4, 0.5) is 26.8 Å². The third-order valence-corrected chi connectivity index (χ3v) is 7.32. The predicted molar refractivity (Wildman–Crippen MR) is 156 cm³/mol. The molecule has 4 rings (SSSR count). The first-order chi connectivity index (χ1) is 19.3. The summed E-state index contributed by atoms with van der Waals surface area (Å²) < 4.78 is 20.3. The molecule has 41 heavy (non-hydrogen) atoms.